The summed E-state index contributed by atoms with van der Waals surface area (Å²) in [6, 6.07) is 0.843. The quantitative estimate of drug-likeness (QED) is 0.879. The average molecular weight is 291 g/mol. The van der Waals surface area contributed by atoms with E-state index in [0.717, 1.165) is 0 Å². The number of anilines is 1. The van der Waals surface area contributed by atoms with Gasteiger partial charge >= 0.3 is 12.2 Å². The maximum Gasteiger partial charge on any atom is 0.391 e. The van der Waals surface area contributed by atoms with Gasteiger partial charge in [0, 0.05) is 12.1 Å². The van der Waals surface area contributed by atoms with Gasteiger partial charge in [0.1, 0.15) is 5.76 Å². The van der Waals surface area contributed by atoms with E-state index in [4.69, 9.17) is 4.52 Å². The van der Waals surface area contributed by atoms with Crippen molar-refractivity contribution in [2.45, 2.75) is 44.8 Å². The molecule has 0 aromatic carbocycles. The summed E-state index contributed by atoms with van der Waals surface area (Å²) in [6.07, 6.45) is -3.37. The molecule has 112 valence electrons. The number of nitrogens with one attached hydrogen (secondary N) is 2. The van der Waals surface area contributed by atoms with Crippen molar-refractivity contribution < 1.29 is 22.5 Å². The largest absolute Gasteiger partial charge is 0.391 e. The normalized spacial score (nSPS) is 23.4. The van der Waals surface area contributed by atoms with Crippen LogP contribution in [0, 0.1) is 12.8 Å². The second kappa shape index (κ2) is 5.72. The van der Waals surface area contributed by atoms with Crippen LogP contribution in [0.3, 0.4) is 0 Å². The van der Waals surface area contributed by atoms with E-state index in [1.807, 2.05) is 0 Å². The molecule has 0 saturated heterocycles. The fourth-order valence-electron chi connectivity index (χ4n) is 2.33. The van der Waals surface area contributed by atoms with Crippen LogP contribution in [0.5, 0.6) is 0 Å². The third-order valence-electron chi connectivity index (χ3n) is 3.39. The van der Waals surface area contributed by atoms with Crippen molar-refractivity contribution in [1.29, 1.82) is 0 Å². The highest BCUT2D eigenvalue weighted by molar-refractivity contribution is 5.88. The van der Waals surface area contributed by atoms with E-state index in [1.54, 1.807) is 13.0 Å². The summed E-state index contributed by atoms with van der Waals surface area (Å²) in [6.45, 7) is 1.69. The zero-order valence-corrected chi connectivity index (χ0v) is 11.0. The van der Waals surface area contributed by atoms with E-state index in [1.165, 1.54) is 0 Å². The monoisotopic (exact) mass is 291 g/mol. The maximum absolute atomic E-state index is 12.5. The van der Waals surface area contributed by atoms with Crippen LogP contribution in [0.25, 0.3) is 0 Å². The molecule has 1 aromatic rings. The minimum atomic E-state index is -4.13. The van der Waals surface area contributed by atoms with Gasteiger partial charge in [0.15, 0.2) is 5.82 Å². The lowest BCUT2D eigenvalue weighted by molar-refractivity contribution is -0.182. The fraction of sp³-hybridized carbons (Fsp3) is 0.667. The molecule has 0 radical (unpaired) electrons. The number of hydrogen-bond acceptors (Lipinski definition) is 3. The van der Waals surface area contributed by atoms with Gasteiger partial charge in [-0.25, -0.2) is 4.79 Å². The molecule has 2 amide bonds. The topological polar surface area (TPSA) is 67.2 Å². The zero-order chi connectivity index (χ0) is 14.8. The Hall–Kier alpha value is -1.73. The van der Waals surface area contributed by atoms with E-state index in [-0.39, 0.29) is 24.7 Å². The van der Waals surface area contributed by atoms with E-state index in [0.29, 0.717) is 18.6 Å². The van der Waals surface area contributed by atoms with E-state index < -0.39 is 18.1 Å². The van der Waals surface area contributed by atoms with Crippen LogP contribution in [-0.4, -0.2) is 23.4 Å². The van der Waals surface area contributed by atoms with Crippen molar-refractivity contribution >= 4 is 11.8 Å². The number of halogens is 3. The summed E-state index contributed by atoms with van der Waals surface area (Å²) < 4.78 is 42.3. The molecular weight excluding hydrogens is 275 g/mol. The number of aromatic nitrogens is 1. The van der Waals surface area contributed by atoms with Gasteiger partial charge in [-0.1, -0.05) is 5.16 Å². The summed E-state index contributed by atoms with van der Waals surface area (Å²) in [7, 11) is 0. The van der Waals surface area contributed by atoms with E-state index in [9.17, 15) is 18.0 Å². The van der Waals surface area contributed by atoms with Crippen LogP contribution in [0.1, 0.15) is 31.4 Å². The van der Waals surface area contributed by atoms with Gasteiger partial charge in [0.05, 0.1) is 5.92 Å². The smallest absolute Gasteiger partial charge is 0.360 e. The molecule has 0 atom stereocenters. The number of urea groups is 1. The van der Waals surface area contributed by atoms with Gasteiger partial charge in [0.2, 0.25) is 0 Å². The summed E-state index contributed by atoms with van der Waals surface area (Å²) in [5, 5.41) is 8.72. The number of aryl methyl sites for hydroxylation is 1. The standard InChI is InChI=1S/C12H16F3N3O2/c1-7-6-10(18-20-7)17-11(19)16-9-4-2-8(3-5-9)12(13,14)15/h6,8-9H,2-5H2,1H3,(H2,16,17,18,19). The first-order chi connectivity index (χ1) is 9.34. The van der Waals surface area contributed by atoms with Gasteiger partial charge in [-0.3, -0.25) is 5.32 Å². The summed E-state index contributed by atoms with van der Waals surface area (Å²) in [5.74, 6) is -0.406. The molecule has 0 aliphatic heterocycles. The van der Waals surface area contributed by atoms with Crippen LogP contribution in [0.15, 0.2) is 10.6 Å². The maximum atomic E-state index is 12.5. The third kappa shape index (κ3) is 3.88. The van der Waals surface area contributed by atoms with Crippen LogP contribution < -0.4 is 10.6 Å². The predicted molar refractivity (Wildman–Crippen MR) is 65.2 cm³/mol. The molecule has 1 heterocycles. The molecule has 2 N–H and O–H groups in total. The molecule has 2 rings (SSSR count). The Morgan fingerprint density at radius 2 is 2.00 bits per heavy atom. The lowest BCUT2D eigenvalue weighted by Gasteiger charge is -2.30. The number of alkyl halides is 3. The molecule has 0 bridgehead atoms. The number of nitrogens with zero attached hydrogens (tertiary/aromatic N) is 1. The van der Waals surface area contributed by atoms with E-state index >= 15 is 0 Å². The predicted octanol–water partition coefficient (Wildman–Crippen LogP) is 3.23. The Morgan fingerprint density at radius 3 is 2.50 bits per heavy atom. The Bertz CT molecular complexity index is 465. The fourth-order valence-corrected chi connectivity index (χ4v) is 2.33. The molecule has 5 nitrogen and oxygen atoms in total. The molecule has 20 heavy (non-hydrogen) atoms. The molecule has 1 aliphatic carbocycles. The van der Waals surface area contributed by atoms with E-state index in [2.05, 4.69) is 15.8 Å². The van der Waals surface area contributed by atoms with Gasteiger partial charge in [0.25, 0.3) is 0 Å². The van der Waals surface area contributed by atoms with Crippen molar-refractivity contribution in [3.63, 3.8) is 0 Å². The van der Waals surface area contributed by atoms with Gasteiger partial charge in [-0.05, 0) is 32.6 Å². The second-order valence-electron chi connectivity index (χ2n) is 5.01. The highest BCUT2D eigenvalue weighted by Gasteiger charge is 2.41. The highest BCUT2D eigenvalue weighted by atomic mass is 19.4. The van der Waals surface area contributed by atoms with Gasteiger partial charge < -0.3 is 9.84 Å². The Labute approximate surface area is 113 Å². The van der Waals surface area contributed by atoms with Gasteiger partial charge in [-0.15, -0.1) is 0 Å². The first-order valence-electron chi connectivity index (χ1n) is 6.42. The van der Waals surface area contributed by atoms with Crippen LogP contribution >= 0.6 is 0 Å². The van der Waals surface area contributed by atoms with Gasteiger partial charge in [-0.2, -0.15) is 13.2 Å². The molecule has 8 heteroatoms. The minimum absolute atomic E-state index is 0.0531. The SMILES string of the molecule is Cc1cc(NC(=O)NC2CCC(C(F)(F)F)CC2)no1. The Kier molecular flexibility index (Phi) is 4.20. The molecule has 1 aromatic heterocycles. The summed E-state index contributed by atoms with van der Waals surface area (Å²) >= 11 is 0. The van der Waals surface area contributed by atoms with Crippen molar-refractivity contribution in [3.05, 3.63) is 11.8 Å². The molecule has 1 fully saturated rings. The molecule has 0 spiro atoms. The van der Waals surface area contributed by atoms with Crippen LogP contribution in [-0.2, 0) is 0 Å². The third-order valence-corrected chi connectivity index (χ3v) is 3.39. The number of rotatable bonds is 2. The van der Waals surface area contributed by atoms with Crippen LogP contribution in [0.4, 0.5) is 23.8 Å². The van der Waals surface area contributed by atoms with Crippen molar-refractivity contribution in [3.8, 4) is 0 Å². The molecule has 0 unspecified atom stereocenters. The lowest BCUT2D eigenvalue weighted by atomic mass is 9.86. The Balaban J connectivity index is 1.76. The second-order valence-corrected chi connectivity index (χ2v) is 5.01. The highest BCUT2D eigenvalue weighted by Crippen LogP contribution is 2.37. The van der Waals surface area contributed by atoms with Crippen molar-refractivity contribution in [2.75, 3.05) is 5.32 Å². The average Bonchev–Trinajstić information content (AvgIpc) is 2.74. The lowest BCUT2D eigenvalue weighted by Crippen LogP contribution is -2.41. The molecular formula is C12H16F3N3O2. The minimum Gasteiger partial charge on any atom is -0.360 e. The van der Waals surface area contributed by atoms with Crippen LogP contribution in [0.2, 0.25) is 0 Å². The summed E-state index contributed by atoms with van der Waals surface area (Å²) in [4.78, 5) is 11.6. The number of amides is 2. The molecule has 1 saturated carbocycles. The zero-order valence-electron chi connectivity index (χ0n) is 11.0. The number of carbonyl (C=O) groups excluding carboxylic acids is 1. The first-order valence-corrected chi connectivity index (χ1v) is 6.42. The van der Waals surface area contributed by atoms with Crippen molar-refractivity contribution in [2.24, 2.45) is 5.92 Å². The number of hydrogen-bond donors (Lipinski definition) is 2. The summed E-state index contributed by atoms with van der Waals surface area (Å²) in [5.41, 5.74) is 0. The van der Waals surface area contributed by atoms with Crippen molar-refractivity contribution in [1.82, 2.24) is 10.5 Å². The first kappa shape index (κ1) is 14.7. The molecule has 1 aliphatic rings. The number of carbonyl (C=O) groups is 1. The Morgan fingerprint density at radius 1 is 1.35 bits per heavy atom.